The number of nitrogens with zero attached hydrogens (tertiary/aromatic N) is 1. The highest BCUT2D eigenvalue weighted by molar-refractivity contribution is 7.09. The smallest absolute Gasteiger partial charge is 0.322 e. The Morgan fingerprint density at radius 3 is 2.48 bits per heavy atom. The fourth-order valence-corrected chi connectivity index (χ4v) is 5.76. The molecule has 3 N–H and O–H groups in total. The van der Waals surface area contributed by atoms with Gasteiger partial charge in [0, 0.05) is 10.9 Å². The van der Waals surface area contributed by atoms with E-state index in [2.05, 4.69) is 16.0 Å². The quantitative estimate of drug-likeness (QED) is 0.559. The van der Waals surface area contributed by atoms with Crippen molar-refractivity contribution in [2.24, 2.45) is 0 Å². The molecule has 0 radical (unpaired) electrons. The van der Waals surface area contributed by atoms with E-state index < -0.39 is 23.5 Å². The Hall–Kier alpha value is -2.42. The normalized spacial score (nSPS) is 23.3. The minimum Gasteiger partial charge on any atom is -0.351 e. The Morgan fingerprint density at radius 2 is 1.87 bits per heavy atom. The molecular weight excluding hydrogens is 416 g/mol. The highest BCUT2D eigenvalue weighted by atomic mass is 32.1. The van der Waals surface area contributed by atoms with Gasteiger partial charge in [-0.2, -0.15) is 0 Å². The summed E-state index contributed by atoms with van der Waals surface area (Å²) in [5.41, 5.74) is -0.916. The Kier molecular flexibility index (Phi) is 6.60. The zero-order valence-corrected chi connectivity index (χ0v) is 18.5. The minimum absolute atomic E-state index is 0.0658. The Morgan fingerprint density at radius 1 is 1.13 bits per heavy atom. The number of rotatable bonds is 7. The lowest BCUT2D eigenvalue weighted by atomic mass is 9.78. The van der Waals surface area contributed by atoms with Crippen LogP contribution in [0.3, 0.4) is 0 Å². The van der Waals surface area contributed by atoms with Crippen LogP contribution in [-0.2, 0) is 20.9 Å². The van der Waals surface area contributed by atoms with Gasteiger partial charge in [0.2, 0.25) is 11.8 Å². The van der Waals surface area contributed by atoms with Gasteiger partial charge in [-0.1, -0.05) is 38.2 Å². The molecule has 9 heteroatoms. The lowest BCUT2D eigenvalue weighted by Gasteiger charge is -2.45. The third kappa shape index (κ3) is 4.76. The van der Waals surface area contributed by atoms with Crippen LogP contribution in [0.15, 0.2) is 17.5 Å². The van der Waals surface area contributed by atoms with Gasteiger partial charge in [0.05, 0.1) is 13.0 Å². The maximum atomic E-state index is 13.7. The van der Waals surface area contributed by atoms with Crippen molar-refractivity contribution in [1.82, 2.24) is 20.9 Å². The number of carbonyl (C=O) groups is 4. The number of urea groups is 1. The van der Waals surface area contributed by atoms with E-state index in [-0.39, 0.29) is 24.3 Å². The van der Waals surface area contributed by atoms with E-state index in [1.54, 1.807) is 16.2 Å². The third-order valence-electron chi connectivity index (χ3n) is 6.74. The molecule has 0 bridgehead atoms. The average Bonchev–Trinajstić information content (AvgIpc) is 3.50. The summed E-state index contributed by atoms with van der Waals surface area (Å²) in [5.74, 6) is -0.842. The third-order valence-corrected chi connectivity index (χ3v) is 7.60. The molecule has 1 atom stereocenters. The molecule has 1 aliphatic heterocycles. The van der Waals surface area contributed by atoms with Crippen molar-refractivity contribution in [3.8, 4) is 0 Å². The van der Waals surface area contributed by atoms with E-state index in [1.165, 1.54) is 0 Å². The van der Waals surface area contributed by atoms with Crippen molar-refractivity contribution < 1.29 is 19.2 Å². The monoisotopic (exact) mass is 446 g/mol. The molecular formula is C22H30N4O4S. The minimum atomic E-state index is -0.916. The van der Waals surface area contributed by atoms with Gasteiger partial charge in [0.15, 0.2) is 0 Å². The number of imide groups is 1. The first-order valence-electron chi connectivity index (χ1n) is 11.2. The predicted octanol–water partition coefficient (Wildman–Crippen LogP) is 2.44. The van der Waals surface area contributed by atoms with Crippen molar-refractivity contribution in [3.05, 3.63) is 22.4 Å². The van der Waals surface area contributed by atoms with Gasteiger partial charge in [0.25, 0.3) is 5.91 Å². The van der Waals surface area contributed by atoms with E-state index >= 15 is 0 Å². The van der Waals surface area contributed by atoms with E-state index in [0.717, 1.165) is 49.8 Å². The van der Waals surface area contributed by atoms with Gasteiger partial charge in [-0.15, -0.1) is 11.3 Å². The molecule has 0 unspecified atom stereocenters. The molecule has 31 heavy (non-hydrogen) atoms. The maximum Gasteiger partial charge on any atom is 0.322 e. The van der Waals surface area contributed by atoms with Crippen LogP contribution in [0.25, 0.3) is 0 Å². The first-order chi connectivity index (χ1) is 15.0. The summed E-state index contributed by atoms with van der Waals surface area (Å²) in [7, 11) is 0. The summed E-state index contributed by atoms with van der Waals surface area (Å²) in [6.07, 6.45) is 8.09. The summed E-state index contributed by atoms with van der Waals surface area (Å²) in [4.78, 5) is 53.4. The fourth-order valence-electron chi connectivity index (χ4n) is 5.07. The maximum absolute atomic E-state index is 13.7. The number of hydrogen-bond donors (Lipinski definition) is 3. The summed E-state index contributed by atoms with van der Waals surface area (Å²) in [6, 6.07) is 2.58. The SMILES string of the molecule is O=C1NC(=O)[C@H](CC(=O)N(Cc2cccs2)C2(C(=O)NC3CCCC3)CCCCC2)N1. The van der Waals surface area contributed by atoms with Crippen LogP contribution >= 0.6 is 11.3 Å². The highest BCUT2D eigenvalue weighted by Gasteiger charge is 2.48. The molecule has 3 aliphatic rings. The molecule has 168 valence electrons. The number of nitrogens with one attached hydrogen (secondary N) is 3. The summed E-state index contributed by atoms with van der Waals surface area (Å²) in [6.45, 7) is 0.330. The molecule has 4 rings (SSSR count). The van der Waals surface area contributed by atoms with Crippen LogP contribution in [0.1, 0.15) is 69.1 Å². The molecule has 2 saturated carbocycles. The van der Waals surface area contributed by atoms with E-state index in [4.69, 9.17) is 0 Å². The van der Waals surface area contributed by atoms with Crippen LogP contribution in [0.2, 0.25) is 0 Å². The molecule has 3 fully saturated rings. The zero-order valence-electron chi connectivity index (χ0n) is 17.7. The molecule has 2 heterocycles. The largest absolute Gasteiger partial charge is 0.351 e. The standard InChI is InChI=1S/C22H30N4O4S/c27-18(13-17-19(28)25-21(30)24-17)26(14-16-9-6-12-31-16)22(10-4-1-5-11-22)20(29)23-15-7-2-3-8-15/h6,9,12,15,17H,1-5,7-8,10-11,13-14H2,(H,23,29)(H2,24,25,28,30)/t17-/m0/s1. The number of hydrogen-bond acceptors (Lipinski definition) is 5. The molecule has 5 amide bonds. The second-order valence-corrected chi connectivity index (χ2v) is 9.86. The number of thiophene rings is 1. The van der Waals surface area contributed by atoms with Crippen LogP contribution in [0.4, 0.5) is 4.79 Å². The van der Waals surface area contributed by atoms with E-state index in [9.17, 15) is 19.2 Å². The summed E-state index contributed by atoms with van der Waals surface area (Å²) >= 11 is 1.55. The molecule has 1 saturated heterocycles. The zero-order chi connectivity index (χ0) is 21.8. The van der Waals surface area contributed by atoms with Crippen molar-refractivity contribution in [2.75, 3.05) is 0 Å². The molecule has 2 aliphatic carbocycles. The topological polar surface area (TPSA) is 108 Å². The second-order valence-electron chi connectivity index (χ2n) is 8.83. The van der Waals surface area contributed by atoms with Crippen molar-refractivity contribution >= 4 is 35.1 Å². The van der Waals surface area contributed by atoms with Crippen molar-refractivity contribution in [1.29, 1.82) is 0 Å². The Labute approximate surface area is 186 Å². The van der Waals surface area contributed by atoms with Gasteiger partial charge in [-0.3, -0.25) is 19.7 Å². The van der Waals surface area contributed by atoms with Crippen molar-refractivity contribution in [3.63, 3.8) is 0 Å². The van der Waals surface area contributed by atoms with Gasteiger partial charge in [-0.25, -0.2) is 4.79 Å². The summed E-state index contributed by atoms with van der Waals surface area (Å²) in [5, 5.41) is 9.88. The number of carbonyl (C=O) groups excluding carboxylic acids is 4. The first-order valence-corrected chi connectivity index (χ1v) is 12.1. The molecule has 1 aromatic rings. The second kappa shape index (κ2) is 9.38. The Balaban J connectivity index is 1.61. The van der Waals surface area contributed by atoms with Gasteiger partial charge >= 0.3 is 6.03 Å². The molecule has 8 nitrogen and oxygen atoms in total. The predicted molar refractivity (Wildman–Crippen MR) is 116 cm³/mol. The van der Waals surface area contributed by atoms with Crippen LogP contribution in [-0.4, -0.2) is 46.3 Å². The fraction of sp³-hybridized carbons (Fsp3) is 0.636. The summed E-state index contributed by atoms with van der Waals surface area (Å²) < 4.78 is 0. The average molecular weight is 447 g/mol. The Bertz CT molecular complexity index is 829. The highest BCUT2D eigenvalue weighted by Crippen LogP contribution is 2.37. The molecule has 1 aromatic heterocycles. The van der Waals surface area contributed by atoms with Crippen LogP contribution in [0, 0.1) is 0 Å². The van der Waals surface area contributed by atoms with Crippen molar-refractivity contribution in [2.45, 2.75) is 88.4 Å². The lowest BCUT2D eigenvalue weighted by Crippen LogP contribution is -2.62. The van der Waals surface area contributed by atoms with E-state index in [1.807, 2.05) is 17.5 Å². The van der Waals surface area contributed by atoms with Crippen LogP contribution < -0.4 is 16.0 Å². The number of amides is 5. The van der Waals surface area contributed by atoms with Gasteiger partial charge in [0.1, 0.15) is 11.6 Å². The molecule has 0 spiro atoms. The first kappa shape index (κ1) is 21.8. The van der Waals surface area contributed by atoms with Crippen LogP contribution in [0.5, 0.6) is 0 Å². The van der Waals surface area contributed by atoms with E-state index in [0.29, 0.717) is 19.4 Å². The van der Waals surface area contributed by atoms with Gasteiger partial charge < -0.3 is 15.5 Å². The molecule has 0 aromatic carbocycles. The lowest BCUT2D eigenvalue weighted by molar-refractivity contribution is -0.152. The van der Waals surface area contributed by atoms with Gasteiger partial charge in [-0.05, 0) is 37.1 Å².